The molecule has 0 aliphatic rings. The molecule has 0 atom stereocenters. The Hall–Kier alpha value is -3.12. The van der Waals surface area contributed by atoms with Crippen LogP contribution in [0.4, 0.5) is 5.82 Å². The number of aliphatic carboxylic acids is 1. The van der Waals surface area contributed by atoms with E-state index < -0.39 is 18.1 Å². The highest BCUT2D eigenvalue weighted by molar-refractivity contribution is 6.30. The van der Waals surface area contributed by atoms with Crippen molar-refractivity contribution >= 4 is 23.4 Å². The molecule has 28 heavy (non-hydrogen) atoms. The first-order chi connectivity index (χ1) is 13.5. The highest BCUT2D eigenvalue weighted by atomic mass is 35.5. The molecule has 2 aromatic carbocycles. The third kappa shape index (κ3) is 4.98. The molecular weight excluding hydrogens is 378 g/mol. The molecule has 0 unspecified atom stereocenters. The van der Waals surface area contributed by atoms with Gasteiger partial charge in [-0.1, -0.05) is 72.3 Å². The zero-order valence-corrected chi connectivity index (χ0v) is 15.9. The molecule has 0 saturated carbocycles. The molecule has 0 aliphatic heterocycles. The second kappa shape index (κ2) is 9.19. The second-order valence-corrected chi connectivity index (χ2v) is 6.67. The molecule has 1 heterocycles. The van der Waals surface area contributed by atoms with E-state index in [4.69, 9.17) is 11.6 Å². The monoisotopic (exact) mass is 397 g/mol. The summed E-state index contributed by atoms with van der Waals surface area (Å²) in [6.45, 7) is 0.00426. The molecule has 0 aliphatic carbocycles. The van der Waals surface area contributed by atoms with E-state index in [0.29, 0.717) is 25.1 Å². The van der Waals surface area contributed by atoms with Crippen LogP contribution in [-0.2, 0) is 24.2 Å². The predicted molar refractivity (Wildman–Crippen MR) is 109 cm³/mol. The van der Waals surface area contributed by atoms with Crippen LogP contribution in [0.25, 0.3) is 0 Å². The number of aromatic nitrogens is 2. The lowest BCUT2D eigenvalue weighted by atomic mass is 10.1. The van der Waals surface area contributed by atoms with Gasteiger partial charge in [-0.05, 0) is 17.5 Å². The van der Waals surface area contributed by atoms with Gasteiger partial charge < -0.3 is 10.4 Å². The van der Waals surface area contributed by atoms with Gasteiger partial charge in [0, 0.05) is 13.0 Å². The van der Waals surface area contributed by atoms with Gasteiger partial charge in [-0.15, -0.1) is 0 Å². The molecule has 3 aromatic rings. The van der Waals surface area contributed by atoms with Crippen LogP contribution in [0.2, 0.25) is 5.15 Å². The standard InChI is InChI=1S/C21H20ClN3O3/c22-19-17(13-16-9-5-2-6-10-16)25(14-18(26)27)21(28)20(24-19)23-12-11-15-7-3-1-4-8-15/h1-10H,11-14H2,(H,23,24)(H,26,27). The van der Waals surface area contributed by atoms with Gasteiger partial charge in [0.1, 0.15) is 6.54 Å². The summed E-state index contributed by atoms with van der Waals surface area (Å²) in [4.78, 5) is 28.3. The molecule has 3 rings (SSSR count). The third-order valence-electron chi connectivity index (χ3n) is 4.28. The molecule has 1 aromatic heterocycles. The average Bonchev–Trinajstić information content (AvgIpc) is 2.69. The van der Waals surface area contributed by atoms with Crippen molar-refractivity contribution in [3.63, 3.8) is 0 Å². The van der Waals surface area contributed by atoms with Gasteiger partial charge in [0.2, 0.25) is 0 Å². The lowest BCUT2D eigenvalue weighted by molar-refractivity contribution is -0.137. The van der Waals surface area contributed by atoms with Gasteiger partial charge in [-0.25, -0.2) is 4.98 Å². The van der Waals surface area contributed by atoms with Crippen LogP contribution < -0.4 is 10.9 Å². The van der Waals surface area contributed by atoms with Gasteiger partial charge >= 0.3 is 5.97 Å². The van der Waals surface area contributed by atoms with Crippen LogP contribution in [0.15, 0.2) is 65.5 Å². The Morgan fingerprint density at radius 3 is 2.25 bits per heavy atom. The summed E-state index contributed by atoms with van der Waals surface area (Å²) in [6, 6.07) is 19.2. The van der Waals surface area contributed by atoms with Crippen LogP contribution in [0.5, 0.6) is 0 Å². The number of rotatable bonds is 8. The highest BCUT2D eigenvalue weighted by Gasteiger charge is 2.17. The fourth-order valence-corrected chi connectivity index (χ4v) is 3.17. The number of anilines is 1. The smallest absolute Gasteiger partial charge is 0.323 e. The normalized spacial score (nSPS) is 10.6. The van der Waals surface area contributed by atoms with Gasteiger partial charge in [0.15, 0.2) is 11.0 Å². The molecule has 0 bridgehead atoms. The summed E-state index contributed by atoms with van der Waals surface area (Å²) in [5.74, 6) is -1.06. The Morgan fingerprint density at radius 1 is 1.04 bits per heavy atom. The van der Waals surface area contributed by atoms with Crippen molar-refractivity contribution in [2.45, 2.75) is 19.4 Å². The number of hydrogen-bond donors (Lipinski definition) is 2. The van der Waals surface area contributed by atoms with Crippen LogP contribution in [-0.4, -0.2) is 27.2 Å². The average molecular weight is 398 g/mol. The first kappa shape index (κ1) is 19.6. The van der Waals surface area contributed by atoms with Crippen molar-refractivity contribution in [1.29, 1.82) is 0 Å². The van der Waals surface area contributed by atoms with Crippen molar-refractivity contribution in [2.75, 3.05) is 11.9 Å². The van der Waals surface area contributed by atoms with Crippen LogP contribution in [0.3, 0.4) is 0 Å². The highest BCUT2D eigenvalue weighted by Crippen LogP contribution is 2.18. The van der Waals surface area contributed by atoms with E-state index in [1.807, 2.05) is 60.7 Å². The van der Waals surface area contributed by atoms with Gasteiger partial charge in [-0.3, -0.25) is 14.2 Å². The van der Waals surface area contributed by atoms with Crippen LogP contribution >= 0.6 is 11.6 Å². The maximum atomic E-state index is 12.8. The molecule has 0 radical (unpaired) electrons. The summed E-state index contributed by atoms with van der Waals surface area (Å²) in [5, 5.41) is 12.3. The van der Waals surface area contributed by atoms with E-state index >= 15 is 0 Å². The SMILES string of the molecule is O=C(O)Cn1c(Cc2ccccc2)c(Cl)nc(NCCc2ccccc2)c1=O. The number of carbonyl (C=O) groups is 1. The molecule has 144 valence electrons. The first-order valence-electron chi connectivity index (χ1n) is 8.87. The summed E-state index contributed by atoms with van der Waals surface area (Å²) in [7, 11) is 0. The number of nitrogens with one attached hydrogen (secondary N) is 1. The van der Waals surface area contributed by atoms with Crippen LogP contribution in [0.1, 0.15) is 16.8 Å². The second-order valence-electron chi connectivity index (χ2n) is 6.31. The summed E-state index contributed by atoms with van der Waals surface area (Å²) in [5.41, 5.74) is 1.92. The molecule has 0 amide bonds. The molecule has 0 saturated heterocycles. The minimum atomic E-state index is -1.12. The van der Waals surface area contributed by atoms with E-state index in [9.17, 15) is 14.7 Å². The number of benzene rings is 2. The van der Waals surface area contributed by atoms with E-state index in [-0.39, 0.29) is 11.0 Å². The molecule has 7 heteroatoms. The Morgan fingerprint density at radius 2 is 1.64 bits per heavy atom. The van der Waals surface area contributed by atoms with Crippen molar-refractivity contribution in [3.05, 3.63) is 93.0 Å². The maximum Gasteiger partial charge on any atom is 0.323 e. The van der Waals surface area contributed by atoms with Crippen molar-refractivity contribution in [2.24, 2.45) is 0 Å². The minimum absolute atomic E-state index is 0.0546. The fraction of sp³-hybridized carbons (Fsp3) is 0.190. The quantitative estimate of drug-likeness (QED) is 0.609. The summed E-state index contributed by atoms with van der Waals surface area (Å²) >= 11 is 6.33. The lowest BCUT2D eigenvalue weighted by Crippen LogP contribution is -2.31. The maximum absolute atomic E-state index is 12.8. The van der Waals surface area contributed by atoms with Crippen molar-refractivity contribution in [1.82, 2.24) is 9.55 Å². The molecule has 0 fully saturated rings. The number of carboxylic acids is 1. The lowest BCUT2D eigenvalue weighted by Gasteiger charge is -2.15. The Labute approximate surface area is 167 Å². The van der Waals surface area contributed by atoms with Gasteiger partial charge in [-0.2, -0.15) is 0 Å². The van der Waals surface area contributed by atoms with Crippen molar-refractivity contribution < 1.29 is 9.90 Å². The predicted octanol–water partition coefficient (Wildman–Crippen LogP) is 3.23. The largest absolute Gasteiger partial charge is 0.480 e. The molecule has 0 spiro atoms. The zero-order chi connectivity index (χ0) is 19.9. The van der Waals surface area contributed by atoms with Gasteiger partial charge in [0.05, 0.1) is 5.69 Å². The third-order valence-corrected chi connectivity index (χ3v) is 4.58. The fourth-order valence-electron chi connectivity index (χ4n) is 2.92. The minimum Gasteiger partial charge on any atom is -0.480 e. The van der Waals surface area contributed by atoms with E-state index in [0.717, 1.165) is 11.1 Å². The topological polar surface area (TPSA) is 84.2 Å². The molecular formula is C21H20ClN3O3. The number of nitrogens with zero attached hydrogens (tertiary/aromatic N) is 2. The molecule has 2 N–H and O–H groups in total. The van der Waals surface area contributed by atoms with Crippen molar-refractivity contribution in [3.8, 4) is 0 Å². The molecule has 6 nitrogen and oxygen atoms in total. The van der Waals surface area contributed by atoms with Gasteiger partial charge in [0.25, 0.3) is 5.56 Å². The number of carboxylic acid groups (broad SMARTS) is 1. The summed E-state index contributed by atoms with van der Waals surface area (Å²) < 4.78 is 1.18. The zero-order valence-electron chi connectivity index (χ0n) is 15.1. The van der Waals surface area contributed by atoms with E-state index in [1.54, 1.807) is 0 Å². The number of hydrogen-bond acceptors (Lipinski definition) is 4. The Balaban J connectivity index is 1.86. The summed E-state index contributed by atoms with van der Waals surface area (Å²) in [6.07, 6.45) is 1.02. The Kier molecular flexibility index (Phi) is 6.45. The van der Waals surface area contributed by atoms with Crippen LogP contribution in [0, 0.1) is 0 Å². The Bertz CT molecular complexity index is 1000. The van der Waals surface area contributed by atoms with E-state index in [2.05, 4.69) is 10.3 Å². The van der Waals surface area contributed by atoms with E-state index in [1.165, 1.54) is 4.57 Å². The first-order valence-corrected chi connectivity index (χ1v) is 9.25. The number of halogens is 1.